The zero-order valence-corrected chi connectivity index (χ0v) is 21.7. The molecule has 5 N–H and O–H groups in total. The number of aliphatic carboxylic acids is 1. The van der Waals surface area contributed by atoms with E-state index in [0.717, 1.165) is 19.3 Å². The van der Waals surface area contributed by atoms with E-state index in [9.17, 15) is 19.2 Å². The van der Waals surface area contributed by atoms with Crippen LogP contribution in [0.2, 0.25) is 0 Å². The number of carboxylic acid groups (broad SMARTS) is 1. The third-order valence-corrected chi connectivity index (χ3v) is 4.27. The van der Waals surface area contributed by atoms with Crippen molar-refractivity contribution < 1.29 is 64.7 Å². The van der Waals surface area contributed by atoms with E-state index in [1.54, 1.807) is 0 Å². The number of rotatable bonds is 15. The van der Waals surface area contributed by atoms with Crippen LogP contribution in [0.4, 0.5) is 0 Å². The molecule has 0 amide bonds. The normalized spacial score (nSPS) is 11.8. The van der Waals surface area contributed by atoms with E-state index in [1.807, 2.05) is 0 Å². The van der Waals surface area contributed by atoms with Gasteiger partial charge < -0.3 is 27.5 Å². The van der Waals surface area contributed by atoms with Gasteiger partial charge in [0, 0.05) is 12.8 Å². The molecular weight excluding hydrogens is 415 g/mol. The summed E-state index contributed by atoms with van der Waals surface area (Å²) in [7, 11) is 1.23. The third-order valence-electron chi connectivity index (χ3n) is 4.27. The minimum atomic E-state index is -0.963. The van der Waals surface area contributed by atoms with Crippen molar-refractivity contribution in [1.29, 1.82) is 0 Å². The Morgan fingerprint density at radius 2 is 1.29 bits per heavy atom. The van der Waals surface area contributed by atoms with Gasteiger partial charge in [0.05, 0.1) is 7.11 Å². The molecule has 0 saturated heterocycles. The second-order valence-electron chi connectivity index (χ2n) is 7.22. The Morgan fingerprint density at radius 1 is 0.871 bits per heavy atom. The third kappa shape index (κ3) is 25.1. The molecule has 0 aliphatic rings. The van der Waals surface area contributed by atoms with Crippen molar-refractivity contribution in [3.05, 3.63) is 0 Å². The first-order chi connectivity index (χ1) is 14.1. The number of hydrogen-bond acceptors (Lipinski definition) is 8. The number of unbranched alkanes of at least 4 members (excludes halogenated alkanes) is 8. The minimum absolute atomic E-state index is 0. The zero-order chi connectivity index (χ0) is 23.4. The summed E-state index contributed by atoms with van der Waals surface area (Å²) in [5.74, 6) is -2.69. The van der Waals surface area contributed by atoms with Crippen molar-refractivity contribution >= 4 is 23.9 Å². The van der Waals surface area contributed by atoms with Gasteiger partial charge in [-0.1, -0.05) is 58.3 Å². The van der Waals surface area contributed by atoms with Gasteiger partial charge >= 0.3 is 53.4 Å². The molecule has 0 radical (unpaired) electrons. The number of methoxy groups -OCH3 is 1. The summed E-state index contributed by atoms with van der Waals surface area (Å²) < 4.78 is 9.16. The summed E-state index contributed by atoms with van der Waals surface area (Å²) in [6.45, 7) is 3.62. The molecule has 0 aromatic rings. The molecule has 0 aliphatic heterocycles. The average molecular weight is 457 g/mol. The SMILES string of the molecule is CC(N)C(=O)O.CCCCCCCCCCCC(=O)OC(=O)CCC(N)C(=O)OC.[H-].[Na+]. The number of carboxylic acids is 1. The molecule has 0 aliphatic carbocycles. The fraction of sp³-hybridized carbons (Fsp3) is 0.810. The first-order valence-corrected chi connectivity index (χ1v) is 10.7. The van der Waals surface area contributed by atoms with Gasteiger partial charge in [0.1, 0.15) is 12.1 Å². The Kier molecular flexibility index (Phi) is 26.4. The van der Waals surface area contributed by atoms with Gasteiger partial charge in [-0.15, -0.1) is 0 Å². The van der Waals surface area contributed by atoms with E-state index in [-0.39, 0.29) is 50.2 Å². The van der Waals surface area contributed by atoms with Crippen LogP contribution < -0.4 is 41.0 Å². The molecule has 31 heavy (non-hydrogen) atoms. The fourth-order valence-electron chi connectivity index (χ4n) is 2.35. The van der Waals surface area contributed by atoms with E-state index in [4.69, 9.17) is 21.3 Å². The topological polar surface area (TPSA) is 159 Å². The van der Waals surface area contributed by atoms with Crippen LogP contribution in [0.1, 0.15) is 92.3 Å². The van der Waals surface area contributed by atoms with Crippen LogP contribution in [0.5, 0.6) is 0 Å². The van der Waals surface area contributed by atoms with Crippen molar-refractivity contribution in [2.75, 3.05) is 7.11 Å². The van der Waals surface area contributed by atoms with Gasteiger partial charge in [0.2, 0.25) is 0 Å². The van der Waals surface area contributed by atoms with Gasteiger partial charge in [-0.25, -0.2) is 0 Å². The molecule has 0 spiro atoms. The summed E-state index contributed by atoms with van der Waals surface area (Å²) in [5.41, 5.74) is 10.3. The van der Waals surface area contributed by atoms with Crippen LogP contribution in [0.15, 0.2) is 0 Å². The molecule has 2 unspecified atom stereocenters. The van der Waals surface area contributed by atoms with E-state index < -0.39 is 36.0 Å². The van der Waals surface area contributed by atoms with Crippen LogP contribution in [0.3, 0.4) is 0 Å². The largest absolute Gasteiger partial charge is 1.00 e. The molecule has 0 saturated carbocycles. The first kappa shape index (κ1) is 34.6. The van der Waals surface area contributed by atoms with Crippen LogP contribution in [-0.4, -0.2) is 48.2 Å². The van der Waals surface area contributed by atoms with Crippen molar-refractivity contribution in [2.24, 2.45) is 11.5 Å². The average Bonchev–Trinajstić information content (AvgIpc) is 2.70. The van der Waals surface area contributed by atoms with E-state index in [1.165, 1.54) is 52.6 Å². The maximum absolute atomic E-state index is 11.5. The van der Waals surface area contributed by atoms with Gasteiger partial charge in [0.25, 0.3) is 0 Å². The monoisotopic (exact) mass is 456 g/mol. The standard InChI is InChI=1S/C18H33NO5.C3H7NO2.Na.H/c1-3-4-5-6-7-8-9-10-11-12-16(20)24-17(21)14-13-15(19)18(22)23-2;1-2(4)3(5)6;;/h15H,3-14,19H2,1-2H3;2H,4H2,1H3,(H,5,6);;/q;;+1;-1. The number of carbonyl (C=O) groups excluding carboxylic acids is 3. The van der Waals surface area contributed by atoms with Crippen molar-refractivity contribution in [1.82, 2.24) is 0 Å². The second kappa shape index (κ2) is 23.7. The fourth-order valence-corrected chi connectivity index (χ4v) is 2.35. The maximum atomic E-state index is 11.5. The molecular formula is C21H41N2NaO7. The predicted molar refractivity (Wildman–Crippen MR) is 115 cm³/mol. The molecule has 9 nitrogen and oxygen atoms in total. The minimum Gasteiger partial charge on any atom is -1.00 e. The Hall–Kier alpha value is -1.00. The van der Waals surface area contributed by atoms with Gasteiger partial charge in [-0.05, 0) is 19.8 Å². The predicted octanol–water partition coefficient (Wildman–Crippen LogP) is -0.208. The summed E-state index contributed by atoms with van der Waals surface area (Å²) in [4.78, 5) is 43.7. The van der Waals surface area contributed by atoms with E-state index >= 15 is 0 Å². The number of hydrogen-bond donors (Lipinski definition) is 3. The molecule has 0 fully saturated rings. The Balaban J connectivity index is -0.000000429. The molecule has 178 valence electrons. The second-order valence-corrected chi connectivity index (χ2v) is 7.22. The van der Waals surface area contributed by atoms with Gasteiger partial charge in [0.15, 0.2) is 0 Å². The summed E-state index contributed by atoms with van der Waals surface area (Å²) in [6, 6.07) is -1.60. The first-order valence-electron chi connectivity index (χ1n) is 10.7. The number of ether oxygens (including phenoxy) is 2. The van der Waals surface area contributed by atoms with Crippen molar-refractivity contribution in [2.45, 2.75) is 103 Å². The summed E-state index contributed by atoms with van der Waals surface area (Å²) in [6.07, 6.45) is 10.7. The molecule has 0 aromatic heterocycles. The molecule has 0 aromatic carbocycles. The Bertz CT molecular complexity index is 509. The van der Waals surface area contributed by atoms with Gasteiger partial charge in [-0.3, -0.25) is 19.2 Å². The summed E-state index contributed by atoms with van der Waals surface area (Å²) >= 11 is 0. The van der Waals surface area contributed by atoms with Crippen molar-refractivity contribution in [3.8, 4) is 0 Å². The summed E-state index contributed by atoms with van der Waals surface area (Å²) in [5, 5.41) is 7.87. The Labute approximate surface area is 209 Å². The number of nitrogens with two attached hydrogens (primary N) is 2. The molecule has 2 atom stereocenters. The van der Waals surface area contributed by atoms with Crippen LogP contribution >= 0.6 is 0 Å². The molecule has 0 bridgehead atoms. The quantitative estimate of drug-likeness (QED) is 0.131. The van der Waals surface area contributed by atoms with E-state index in [2.05, 4.69) is 11.7 Å². The van der Waals surface area contributed by atoms with Crippen molar-refractivity contribution in [3.63, 3.8) is 0 Å². The smallest absolute Gasteiger partial charge is 1.00 e. The zero-order valence-electron chi connectivity index (χ0n) is 20.7. The van der Waals surface area contributed by atoms with Crippen LogP contribution in [0.25, 0.3) is 0 Å². The van der Waals surface area contributed by atoms with Crippen LogP contribution in [0, 0.1) is 0 Å². The maximum Gasteiger partial charge on any atom is 1.00 e. The molecule has 0 rings (SSSR count). The number of esters is 3. The Morgan fingerprint density at radius 3 is 1.71 bits per heavy atom. The molecule has 10 heteroatoms. The van der Waals surface area contributed by atoms with Crippen LogP contribution in [-0.2, 0) is 28.7 Å². The van der Waals surface area contributed by atoms with E-state index in [0.29, 0.717) is 0 Å². The van der Waals surface area contributed by atoms with Gasteiger partial charge in [-0.2, -0.15) is 0 Å². The number of carbonyl (C=O) groups is 4. The molecule has 0 heterocycles.